The van der Waals surface area contributed by atoms with Crippen molar-refractivity contribution in [1.82, 2.24) is 0 Å². The predicted octanol–water partition coefficient (Wildman–Crippen LogP) is 1.25. The second kappa shape index (κ2) is 2.92. The lowest BCUT2D eigenvalue weighted by atomic mass is 10.3. The summed E-state index contributed by atoms with van der Waals surface area (Å²) in [5.74, 6) is -4.35. The zero-order valence-corrected chi connectivity index (χ0v) is 4.61. The molecule has 0 fully saturated rings. The van der Waals surface area contributed by atoms with E-state index in [1.54, 1.807) is 0 Å². The van der Waals surface area contributed by atoms with Gasteiger partial charge in [0.15, 0.2) is 5.78 Å². The van der Waals surface area contributed by atoms with Crippen molar-refractivity contribution in [3.8, 4) is 6.07 Å². The highest BCUT2D eigenvalue weighted by Crippen LogP contribution is 2.06. The van der Waals surface area contributed by atoms with E-state index < -0.39 is 17.4 Å². The molecule has 0 aromatic carbocycles. The normalized spacial score (nSPS) is 11.8. The van der Waals surface area contributed by atoms with Gasteiger partial charge < -0.3 is 0 Å². The van der Waals surface area contributed by atoms with Gasteiger partial charge >= 0.3 is 0 Å². The van der Waals surface area contributed by atoms with Gasteiger partial charge in [-0.05, 0) is 0 Å². The molecule has 0 amide bonds. The Morgan fingerprint density at radius 3 is 2.11 bits per heavy atom. The monoisotopic (exact) mass is 131 g/mol. The van der Waals surface area contributed by atoms with E-state index in [1.807, 2.05) is 0 Å². The van der Waals surface area contributed by atoms with E-state index in [2.05, 4.69) is 0 Å². The Hall–Kier alpha value is -1.24. The van der Waals surface area contributed by atoms with Crippen LogP contribution in [0.1, 0.15) is 6.92 Å². The summed E-state index contributed by atoms with van der Waals surface area (Å²) in [4.78, 5) is 9.92. The van der Waals surface area contributed by atoms with Gasteiger partial charge in [0.25, 0.3) is 0 Å². The molecule has 2 nitrogen and oxygen atoms in total. The number of nitrogens with zero attached hydrogens (tertiary/aromatic N) is 1. The van der Waals surface area contributed by atoms with Gasteiger partial charge in [-0.3, -0.25) is 4.79 Å². The Morgan fingerprint density at radius 1 is 1.56 bits per heavy atom. The van der Waals surface area contributed by atoms with Gasteiger partial charge in [-0.15, -0.1) is 0 Å². The lowest BCUT2D eigenvalue weighted by Gasteiger charge is -1.83. The first-order valence-corrected chi connectivity index (χ1v) is 2.06. The first kappa shape index (κ1) is 7.76. The zero-order chi connectivity index (χ0) is 7.44. The number of carbonyl (C=O) groups excluding carboxylic acids is 1. The molecule has 0 saturated carbocycles. The number of hydrogen-bond donors (Lipinski definition) is 0. The number of Topliss-reactive ketones (excluding diaryl/α,β-unsaturated/α-hetero) is 1. The fraction of sp³-hybridized carbons (Fsp3) is 0.200. The fourth-order valence-corrected chi connectivity index (χ4v) is 0.204. The molecule has 0 rings (SSSR count). The van der Waals surface area contributed by atoms with Gasteiger partial charge in [-0.2, -0.15) is 14.0 Å². The number of nitriles is 1. The summed E-state index contributed by atoms with van der Waals surface area (Å²) < 4.78 is 23.6. The second-order valence-corrected chi connectivity index (χ2v) is 1.30. The van der Waals surface area contributed by atoms with Gasteiger partial charge in [0.1, 0.15) is 6.07 Å². The standard InChI is InChI=1S/C5H3F2NO/c1-3(9)5(7)4(6)2-8/h1H3/b5-4+. The van der Waals surface area contributed by atoms with Crippen LogP contribution >= 0.6 is 0 Å². The van der Waals surface area contributed by atoms with Crippen LogP contribution in [0.4, 0.5) is 8.78 Å². The molecule has 0 aliphatic carbocycles. The molecular weight excluding hydrogens is 128 g/mol. The minimum atomic E-state index is -1.66. The van der Waals surface area contributed by atoms with Crippen LogP contribution in [0.15, 0.2) is 11.7 Å². The summed E-state index contributed by atoms with van der Waals surface area (Å²) >= 11 is 0. The van der Waals surface area contributed by atoms with Crippen molar-refractivity contribution in [1.29, 1.82) is 5.26 Å². The first-order chi connectivity index (χ1) is 4.09. The highest BCUT2D eigenvalue weighted by atomic mass is 19.2. The third-order valence-electron chi connectivity index (χ3n) is 0.600. The molecule has 0 spiro atoms. The minimum Gasteiger partial charge on any atom is -0.292 e. The van der Waals surface area contributed by atoms with Crippen LogP contribution in [-0.2, 0) is 4.79 Å². The van der Waals surface area contributed by atoms with E-state index in [4.69, 9.17) is 5.26 Å². The maximum atomic E-state index is 11.9. The lowest BCUT2D eigenvalue weighted by molar-refractivity contribution is -0.115. The van der Waals surface area contributed by atoms with Crippen molar-refractivity contribution in [3.63, 3.8) is 0 Å². The third kappa shape index (κ3) is 2.00. The Labute approximate surface area is 50.4 Å². The molecule has 0 saturated heterocycles. The molecule has 0 radical (unpaired) electrons. The molecule has 4 heteroatoms. The van der Waals surface area contributed by atoms with E-state index in [0.717, 1.165) is 13.0 Å². The topological polar surface area (TPSA) is 40.9 Å². The average Bonchev–Trinajstić information content (AvgIpc) is 1.84. The molecule has 0 N–H and O–H groups in total. The van der Waals surface area contributed by atoms with Crippen LogP contribution in [-0.4, -0.2) is 5.78 Å². The van der Waals surface area contributed by atoms with Crippen LogP contribution in [0.3, 0.4) is 0 Å². The molecule has 0 heterocycles. The smallest absolute Gasteiger partial charge is 0.239 e. The van der Waals surface area contributed by atoms with E-state index in [1.165, 1.54) is 0 Å². The molecular formula is C5H3F2NO. The zero-order valence-electron chi connectivity index (χ0n) is 4.61. The van der Waals surface area contributed by atoms with Gasteiger partial charge in [0.05, 0.1) is 0 Å². The highest BCUT2D eigenvalue weighted by Gasteiger charge is 2.08. The third-order valence-corrected chi connectivity index (χ3v) is 0.600. The van der Waals surface area contributed by atoms with Crippen molar-refractivity contribution < 1.29 is 13.6 Å². The van der Waals surface area contributed by atoms with Crippen molar-refractivity contribution in [2.24, 2.45) is 0 Å². The van der Waals surface area contributed by atoms with Crippen LogP contribution in [0, 0.1) is 11.3 Å². The Morgan fingerprint density at radius 2 is 2.00 bits per heavy atom. The molecule has 0 aliphatic heterocycles. The Balaban J connectivity index is 4.54. The maximum Gasteiger partial charge on any atom is 0.239 e. The number of rotatable bonds is 1. The summed E-state index contributed by atoms with van der Waals surface area (Å²) in [6, 6.07) is 0.863. The van der Waals surface area contributed by atoms with E-state index in [0.29, 0.717) is 0 Å². The Kier molecular flexibility index (Phi) is 2.52. The molecule has 48 valence electrons. The summed E-state index contributed by atoms with van der Waals surface area (Å²) in [6.07, 6.45) is 0. The predicted molar refractivity (Wildman–Crippen MR) is 25.5 cm³/mol. The van der Waals surface area contributed by atoms with Gasteiger partial charge in [-0.1, -0.05) is 0 Å². The van der Waals surface area contributed by atoms with Gasteiger partial charge in [0, 0.05) is 6.92 Å². The molecule has 0 atom stereocenters. The SMILES string of the molecule is CC(=O)/C(F)=C(\F)C#N. The first-order valence-electron chi connectivity index (χ1n) is 2.06. The molecule has 0 aromatic rings. The molecule has 0 unspecified atom stereocenters. The highest BCUT2D eigenvalue weighted by molar-refractivity contribution is 5.91. The molecule has 0 bridgehead atoms. The summed E-state index contributed by atoms with van der Waals surface area (Å²) in [5.41, 5.74) is 0. The van der Waals surface area contributed by atoms with E-state index >= 15 is 0 Å². The van der Waals surface area contributed by atoms with Crippen LogP contribution < -0.4 is 0 Å². The van der Waals surface area contributed by atoms with Crippen LogP contribution in [0.5, 0.6) is 0 Å². The number of hydrogen-bond acceptors (Lipinski definition) is 2. The van der Waals surface area contributed by atoms with E-state index in [-0.39, 0.29) is 0 Å². The van der Waals surface area contributed by atoms with Crippen molar-refractivity contribution in [2.75, 3.05) is 0 Å². The largest absolute Gasteiger partial charge is 0.292 e. The van der Waals surface area contributed by atoms with Crippen molar-refractivity contribution in [3.05, 3.63) is 11.7 Å². The van der Waals surface area contributed by atoms with Gasteiger partial charge in [-0.25, -0.2) is 0 Å². The van der Waals surface area contributed by atoms with Crippen LogP contribution in [0.25, 0.3) is 0 Å². The van der Waals surface area contributed by atoms with Crippen molar-refractivity contribution >= 4 is 5.78 Å². The fourth-order valence-electron chi connectivity index (χ4n) is 0.204. The number of ketones is 1. The average molecular weight is 131 g/mol. The van der Waals surface area contributed by atoms with Crippen molar-refractivity contribution in [2.45, 2.75) is 6.92 Å². The number of allylic oxidation sites excluding steroid dienone is 2. The summed E-state index contributed by atoms with van der Waals surface area (Å²) in [5, 5.41) is 7.68. The quantitative estimate of drug-likeness (QED) is 0.397. The summed E-state index contributed by atoms with van der Waals surface area (Å²) in [7, 11) is 0. The number of carbonyl (C=O) groups is 1. The van der Waals surface area contributed by atoms with Gasteiger partial charge in [0.2, 0.25) is 11.7 Å². The number of halogens is 2. The minimum absolute atomic E-state index is 0.840. The second-order valence-electron chi connectivity index (χ2n) is 1.30. The summed E-state index contributed by atoms with van der Waals surface area (Å²) in [6.45, 7) is 0.840. The van der Waals surface area contributed by atoms with Crippen LogP contribution in [0.2, 0.25) is 0 Å². The molecule has 9 heavy (non-hydrogen) atoms. The Bertz CT molecular complexity index is 201. The van der Waals surface area contributed by atoms with E-state index in [9.17, 15) is 13.6 Å². The lowest BCUT2D eigenvalue weighted by Crippen LogP contribution is -1.91. The molecule has 0 aromatic heterocycles. The molecule has 0 aliphatic rings. The maximum absolute atomic E-state index is 11.9.